The van der Waals surface area contributed by atoms with Gasteiger partial charge in [-0.25, -0.2) is 0 Å². The van der Waals surface area contributed by atoms with Crippen LogP contribution in [-0.2, 0) is 17.9 Å². The minimum absolute atomic E-state index is 0.134. The summed E-state index contributed by atoms with van der Waals surface area (Å²) in [6.45, 7) is 2.01. The van der Waals surface area contributed by atoms with Gasteiger partial charge in [0, 0.05) is 50.0 Å². The van der Waals surface area contributed by atoms with Gasteiger partial charge in [-0.05, 0) is 23.3 Å². The third-order valence-electron chi connectivity index (χ3n) is 3.36. The summed E-state index contributed by atoms with van der Waals surface area (Å²) in [4.78, 5) is 17.9. The monoisotopic (exact) mass is 361 g/mol. The van der Waals surface area contributed by atoms with Crippen LogP contribution in [0.3, 0.4) is 0 Å². The lowest BCUT2D eigenvalue weighted by Gasteiger charge is -2.18. The maximum atomic E-state index is 12.1. The number of nitrogens with zero attached hydrogens (tertiary/aromatic N) is 2. The van der Waals surface area contributed by atoms with Crippen LogP contribution in [0, 0.1) is 0 Å². The molecule has 5 heteroatoms. The highest BCUT2D eigenvalue weighted by molar-refractivity contribution is 9.10. The summed E-state index contributed by atoms with van der Waals surface area (Å²) in [5.41, 5.74) is 2.23. The van der Waals surface area contributed by atoms with Gasteiger partial charge in [-0.1, -0.05) is 40.2 Å². The Morgan fingerprint density at radius 1 is 1.27 bits per heavy atom. The van der Waals surface area contributed by atoms with Crippen LogP contribution in [0.5, 0.6) is 0 Å². The summed E-state index contributed by atoms with van der Waals surface area (Å²) in [7, 11) is 1.84. The number of amides is 1. The number of hydrogen-bond donors (Lipinski definition) is 1. The van der Waals surface area contributed by atoms with Crippen molar-refractivity contribution in [2.24, 2.45) is 0 Å². The van der Waals surface area contributed by atoms with Crippen LogP contribution in [0.15, 0.2) is 53.3 Å². The second kappa shape index (κ2) is 8.66. The van der Waals surface area contributed by atoms with Gasteiger partial charge in [-0.15, -0.1) is 0 Å². The van der Waals surface area contributed by atoms with Crippen LogP contribution in [0.1, 0.15) is 17.5 Å². The number of rotatable bonds is 7. The highest BCUT2D eigenvalue weighted by atomic mass is 79.9. The molecule has 2 aromatic rings. The lowest BCUT2D eigenvalue weighted by atomic mass is 10.2. The molecule has 0 saturated heterocycles. The van der Waals surface area contributed by atoms with Crippen molar-refractivity contribution in [3.63, 3.8) is 0 Å². The smallest absolute Gasteiger partial charge is 0.223 e. The number of halogens is 1. The van der Waals surface area contributed by atoms with Gasteiger partial charge >= 0.3 is 0 Å². The molecule has 4 nitrogen and oxygen atoms in total. The minimum Gasteiger partial charge on any atom is -0.341 e. The lowest BCUT2D eigenvalue weighted by Crippen LogP contribution is -2.29. The van der Waals surface area contributed by atoms with Crippen molar-refractivity contribution in [2.45, 2.75) is 19.5 Å². The number of pyridine rings is 1. The van der Waals surface area contributed by atoms with E-state index in [4.69, 9.17) is 0 Å². The Balaban J connectivity index is 1.71. The molecule has 1 amide bonds. The molecule has 1 heterocycles. The van der Waals surface area contributed by atoms with E-state index >= 15 is 0 Å². The summed E-state index contributed by atoms with van der Waals surface area (Å²) in [6.07, 6.45) is 4.07. The van der Waals surface area contributed by atoms with Crippen molar-refractivity contribution in [3.8, 4) is 0 Å². The van der Waals surface area contributed by atoms with E-state index < -0.39 is 0 Å². The van der Waals surface area contributed by atoms with Crippen LogP contribution < -0.4 is 5.32 Å². The molecule has 0 unspecified atom stereocenters. The molecule has 0 aliphatic rings. The first-order chi connectivity index (χ1) is 10.7. The predicted molar refractivity (Wildman–Crippen MR) is 91.2 cm³/mol. The van der Waals surface area contributed by atoms with E-state index in [-0.39, 0.29) is 5.91 Å². The maximum absolute atomic E-state index is 12.1. The quantitative estimate of drug-likeness (QED) is 0.771. The second-order valence-corrected chi connectivity index (χ2v) is 5.98. The Hall–Kier alpha value is -1.72. The summed E-state index contributed by atoms with van der Waals surface area (Å²) >= 11 is 3.51. The van der Waals surface area contributed by atoms with Gasteiger partial charge in [-0.3, -0.25) is 9.78 Å². The molecule has 0 spiro atoms. The van der Waals surface area contributed by atoms with Crippen LogP contribution in [0.25, 0.3) is 0 Å². The Morgan fingerprint density at radius 3 is 2.82 bits per heavy atom. The molecule has 0 saturated carbocycles. The highest BCUT2D eigenvalue weighted by Gasteiger charge is 2.10. The zero-order valence-electron chi connectivity index (χ0n) is 12.6. The average Bonchev–Trinajstić information content (AvgIpc) is 2.54. The Bertz CT molecular complexity index is 604. The number of aromatic nitrogens is 1. The number of carbonyl (C=O) groups excluding carboxylic acids is 1. The van der Waals surface area contributed by atoms with E-state index in [1.54, 1.807) is 11.1 Å². The second-order valence-electron chi connectivity index (χ2n) is 5.13. The molecule has 2 rings (SSSR count). The molecule has 116 valence electrons. The van der Waals surface area contributed by atoms with Crippen molar-refractivity contribution < 1.29 is 4.79 Å². The fourth-order valence-electron chi connectivity index (χ4n) is 2.09. The molecule has 0 aliphatic heterocycles. The minimum atomic E-state index is 0.134. The van der Waals surface area contributed by atoms with Gasteiger partial charge in [0.2, 0.25) is 5.91 Å². The number of nitrogens with one attached hydrogen (secondary N) is 1. The van der Waals surface area contributed by atoms with Crippen LogP contribution in [0.2, 0.25) is 0 Å². The van der Waals surface area contributed by atoms with Crippen molar-refractivity contribution >= 4 is 21.8 Å². The van der Waals surface area contributed by atoms with Crippen LogP contribution in [0.4, 0.5) is 0 Å². The average molecular weight is 362 g/mol. The lowest BCUT2D eigenvalue weighted by molar-refractivity contribution is -0.130. The first kappa shape index (κ1) is 16.6. The first-order valence-corrected chi connectivity index (χ1v) is 8.03. The van der Waals surface area contributed by atoms with Crippen molar-refractivity contribution in [1.82, 2.24) is 15.2 Å². The predicted octanol–water partition coefficient (Wildman–Crippen LogP) is 2.98. The fraction of sp³-hybridized carbons (Fsp3) is 0.294. The zero-order valence-corrected chi connectivity index (χ0v) is 14.2. The molecule has 0 fully saturated rings. The van der Waals surface area contributed by atoms with E-state index in [9.17, 15) is 4.79 Å². The molecule has 0 atom stereocenters. The number of benzene rings is 1. The van der Waals surface area contributed by atoms with Gasteiger partial charge in [0.15, 0.2) is 0 Å². The summed E-state index contributed by atoms with van der Waals surface area (Å²) in [5, 5.41) is 3.27. The third-order valence-corrected chi connectivity index (χ3v) is 4.13. The molecular weight excluding hydrogens is 342 g/mol. The molecule has 0 bridgehead atoms. The van der Waals surface area contributed by atoms with Crippen molar-refractivity contribution in [2.75, 3.05) is 13.6 Å². The largest absolute Gasteiger partial charge is 0.341 e. The summed E-state index contributed by atoms with van der Waals surface area (Å²) in [5.74, 6) is 0.134. The molecule has 22 heavy (non-hydrogen) atoms. The number of carbonyl (C=O) groups is 1. The van der Waals surface area contributed by atoms with E-state index in [1.807, 2.05) is 49.6 Å². The molecular formula is C17H20BrN3O. The molecule has 1 N–H and O–H groups in total. The molecule has 1 aromatic heterocycles. The Morgan fingerprint density at radius 2 is 2.09 bits per heavy atom. The molecule has 1 aromatic carbocycles. The van der Waals surface area contributed by atoms with E-state index in [0.717, 1.165) is 22.1 Å². The Labute approximate surface area is 139 Å². The van der Waals surface area contributed by atoms with Gasteiger partial charge in [0.25, 0.3) is 0 Å². The SMILES string of the molecule is CN(Cc1ccccc1Br)C(=O)CCNCc1cccnc1. The van der Waals surface area contributed by atoms with E-state index in [1.165, 1.54) is 0 Å². The van der Waals surface area contributed by atoms with E-state index in [2.05, 4.69) is 26.2 Å². The fourth-order valence-corrected chi connectivity index (χ4v) is 2.50. The van der Waals surface area contributed by atoms with Gasteiger partial charge in [0.05, 0.1) is 0 Å². The maximum Gasteiger partial charge on any atom is 0.223 e. The molecule has 0 radical (unpaired) electrons. The molecule has 0 aliphatic carbocycles. The third kappa shape index (κ3) is 5.24. The van der Waals surface area contributed by atoms with Crippen molar-refractivity contribution in [1.29, 1.82) is 0 Å². The highest BCUT2D eigenvalue weighted by Crippen LogP contribution is 2.17. The summed E-state index contributed by atoms with van der Waals surface area (Å²) in [6, 6.07) is 11.9. The topological polar surface area (TPSA) is 45.2 Å². The van der Waals surface area contributed by atoms with E-state index in [0.29, 0.717) is 19.5 Å². The van der Waals surface area contributed by atoms with Crippen LogP contribution >= 0.6 is 15.9 Å². The zero-order chi connectivity index (χ0) is 15.8. The van der Waals surface area contributed by atoms with Gasteiger partial charge < -0.3 is 10.2 Å². The normalized spacial score (nSPS) is 10.5. The number of hydrogen-bond acceptors (Lipinski definition) is 3. The van der Waals surface area contributed by atoms with Gasteiger partial charge in [0.1, 0.15) is 0 Å². The van der Waals surface area contributed by atoms with Crippen molar-refractivity contribution in [3.05, 3.63) is 64.4 Å². The summed E-state index contributed by atoms with van der Waals surface area (Å²) < 4.78 is 1.03. The van der Waals surface area contributed by atoms with Crippen LogP contribution in [-0.4, -0.2) is 29.4 Å². The Kier molecular flexibility index (Phi) is 6.55. The first-order valence-electron chi connectivity index (χ1n) is 7.24. The standard InChI is InChI=1S/C17H20BrN3O/c1-21(13-15-6-2-3-7-16(15)18)17(22)8-10-20-12-14-5-4-9-19-11-14/h2-7,9,11,20H,8,10,12-13H2,1H3. The van der Waals surface area contributed by atoms with Gasteiger partial charge in [-0.2, -0.15) is 0 Å².